The molecule has 4 N–H and O–H groups in total. The number of fused-ring (bicyclic) bond motifs is 1. The Labute approximate surface area is 134 Å². The molecule has 0 aromatic heterocycles. The molecule has 3 amide bonds. The zero-order valence-corrected chi connectivity index (χ0v) is 13.4. The fourth-order valence-corrected chi connectivity index (χ4v) is 4.42. The second kappa shape index (κ2) is 7.71. The molecule has 2 heterocycles. The lowest BCUT2D eigenvalue weighted by Gasteiger charge is -2.16. The summed E-state index contributed by atoms with van der Waals surface area (Å²) < 4.78 is 0. The van der Waals surface area contributed by atoms with Crippen LogP contribution < -0.4 is 16.0 Å². The Kier molecular flexibility index (Phi) is 5.93. The molecule has 7 nitrogen and oxygen atoms in total. The van der Waals surface area contributed by atoms with Gasteiger partial charge in [0, 0.05) is 17.4 Å². The van der Waals surface area contributed by atoms with Gasteiger partial charge in [0.1, 0.15) is 6.04 Å². The molecule has 2 fully saturated rings. The highest BCUT2D eigenvalue weighted by Gasteiger charge is 2.42. The van der Waals surface area contributed by atoms with E-state index in [1.165, 1.54) is 0 Å². The van der Waals surface area contributed by atoms with Crippen LogP contribution in [0.5, 0.6) is 0 Å². The van der Waals surface area contributed by atoms with E-state index in [9.17, 15) is 14.4 Å². The van der Waals surface area contributed by atoms with Crippen molar-refractivity contribution < 1.29 is 19.5 Å². The first-order chi connectivity index (χ1) is 10.5. The number of nitrogens with one attached hydrogen (secondary N) is 3. The van der Waals surface area contributed by atoms with Crippen LogP contribution >= 0.6 is 11.8 Å². The largest absolute Gasteiger partial charge is 0.480 e. The van der Waals surface area contributed by atoms with Gasteiger partial charge in [-0.05, 0) is 19.3 Å². The maximum atomic E-state index is 11.7. The number of amides is 3. The fourth-order valence-electron chi connectivity index (χ4n) is 2.88. The molecule has 2 aliphatic heterocycles. The number of thioether (sulfide) groups is 1. The lowest BCUT2D eigenvalue weighted by atomic mass is 10.0. The maximum absolute atomic E-state index is 11.7. The standard InChI is InChI=1S/C14H23N3O4S/c1-2-8(13(19)20)15-11(18)6-4-3-5-10-12-9(7-22-10)16-14(21)17-12/h8-10,12H,2-7H2,1H3,(H,15,18)(H,19,20)(H2,16,17,21)/t8-,9+,10-,12+/m0/s1. The number of aliphatic carboxylic acids is 1. The summed E-state index contributed by atoms with van der Waals surface area (Å²) in [5.74, 6) is -0.263. The number of carboxylic acids is 1. The van der Waals surface area contributed by atoms with E-state index in [1.807, 2.05) is 11.8 Å². The smallest absolute Gasteiger partial charge is 0.326 e. The number of urea groups is 1. The Hall–Kier alpha value is -1.44. The molecule has 2 saturated heterocycles. The monoisotopic (exact) mass is 329 g/mol. The number of carboxylic acid groups (broad SMARTS) is 1. The van der Waals surface area contributed by atoms with E-state index in [4.69, 9.17) is 5.11 Å². The number of unbranched alkanes of at least 4 members (excludes halogenated alkanes) is 1. The van der Waals surface area contributed by atoms with Crippen molar-refractivity contribution in [2.45, 2.75) is 62.4 Å². The Morgan fingerprint density at radius 2 is 2.18 bits per heavy atom. The zero-order valence-electron chi connectivity index (χ0n) is 12.6. The van der Waals surface area contributed by atoms with Crippen LogP contribution in [0, 0.1) is 0 Å². The normalized spacial score (nSPS) is 27.7. The third-order valence-electron chi connectivity index (χ3n) is 4.12. The van der Waals surface area contributed by atoms with Crippen LogP contribution in [-0.4, -0.2) is 52.1 Å². The van der Waals surface area contributed by atoms with Gasteiger partial charge in [0.15, 0.2) is 0 Å². The number of hydrogen-bond acceptors (Lipinski definition) is 4. The summed E-state index contributed by atoms with van der Waals surface area (Å²) in [5, 5.41) is 17.7. The fraction of sp³-hybridized carbons (Fsp3) is 0.786. The lowest BCUT2D eigenvalue weighted by molar-refractivity contribution is -0.141. The Morgan fingerprint density at radius 3 is 2.86 bits per heavy atom. The Balaban J connectivity index is 1.62. The molecule has 0 unspecified atom stereocenters. The molecule has 0 aliphatic carbocycles. The van der Waals surface area contributed by atoms with Crippen LogP contribution in [0.25, 0.3) is 0 Å². The highest BCUT2D eigenvalue weighted by Crippen LogP contribution is 2.33. The predicted octanol–water partition coefficient (Wildman–Crippen LogP) is 0.692. The van der Waals surface area contributed by atoms with Crippen LogP contribution in [-0.2, 0) is 9.59 Å². The average Bonchev–Trinajstić information content (AvgIpc) is 3.00. The van der Waals surface area contributed by atoms with Crippen molar-refractivity contribution in [3.05, 3.63) is 0 Å². The Morgan fingerprint density at radius 1 is 1.41 bits per heavy atom. The molecule has 4 atom stereocenters. The quantitative estimate of drug-likeness (QED) is 0.387. The third kappa shape index (κ3) is 4.28. The summed E-state index contributed by atoms with van der Waals surface area (Å²) in [6.45, 7) is 1.73. The van der Waals surface area contributed by atoms with Gasteiger partial charge in [-0.15, -0.1) is 0 Å². The van der Waals surface area contributed by atoms with Gasteiger partial charge >= 0.3 is 12.0 Å². The summed E-state index contributed by atoms with van der Waals surface area (Å²) in [6, 6.07) is -0.452. The molecule has 2 aliphatic rings. The second-order valence-corrected chi connectivity index (χ2v) is 7.01. The first kappa shape index (κ1) is 16.9. The van der Waals surface area contributed by atoms with E-state index < -0.39 is 12.0 Å². The van der Waals surface area contributed by atoms with E-state index in [0.717, 1.165) is 25.0 Å². The zero-order chi connectivity index (χ0) is 16.1. The summed E-state index contributed by atoms with van der Waals surface area (Å²) in [6.07, 6.45) is 3.32. The first-order valence-corrected chi connectivity index (χ1v) is 8.77. The minimum atomic E-state index is -0.992. The molecule has 0 aromatic carbocycles. The molecule has 0 bridgehead atoms. The van der Waals surface area contributed by atoms with Gasteiger partial charge in [0.2, 0.25) is 5.91 Å². The molecule has 0 spiro atoms. The van der Waals surface area contributed by atoms with Gasteiger partial charge in [-0.1, -0.05) is 13.3 Å². The molecule has 0 saturated carbocycles. The SMILES string of the molecule is CC[C@H](NC(=O)CCCC[C@@H]1SC[C@H]2NC(=O)N[C@@H]12)C(=O)O. The number of hydrogen-bond donors (Lipinski definition) is 4. The minimum absolute atomic E-state index is 0.0843. The third-order valence-corrected chi connectivity index (χ3v) is 5.63. The first-order valence-electron chi connectivity index (χ1n) is 7.72. The molecule has 2 rings (SSSR count). The number of carbonyl (C=O) groups excluding carboxylic acids is 2. The van der Waals surface area contributed by atoms with Crippen molar-refractivity contribution in [1.29, 1.82) is 0 Å². The van der Waals surface area contributed by atoms with Crippen LogP contribution in [0.2, 0.25) is 0 Å². The highest BCUT2D eigenvalue weighted by atomic mass is 32.2. The maximum Gasteiger partial charge on any atom is 0.326 e. The van der Waals surface area contributed by atoms with Gasteiger partial charge in [-0.3, -0.25) is 4.79 Å². The van der Waals surface area contributed by atoms with Crippen LogP contribution in [0.3, 0.4) is 0 Å². The van der Waals surface area contributed by atoms with Gasteiger partial charge in [-0.2, -0.15) is 11.8 Å². The summed E-state index contributed by atoms with van der Waals surface area (Å²) in [5.41, 5.74) is 0. The highest BCUT2D eigenvalue weighted by molar-refractivity contribution is 8.00. The number of carbonyl (C=O) groups is 3. The molecular weight excluding hydrogens is 306 g/mol. The number of rotatable bonds is 8. The van der Waals surface area contributed by atoms with Gasteiger partial charge < -0.3 is 21.1 Å². The molecule has 22 heavy (non-hydrogen) atoms. The van der Waals surface area contributed by atoms with E-state index in [0.29, 0.717) is 18.1 Å². The topological polar surface area (TPSA) is 108 Å². The molecule has 8 heteroatoms. The molecular formula is C14H23N3O4S. The van der Waals surface area contributed by atoms with Crippen LogP contribution in [0.15, 0.2) is 0 Å². The molecule has 0 aromatic rings. The van der Waals surface area contributed by atoms with E-state index >= 15 is 0 Å². The van der Waals surface area contributed by atoms with Crippen molar-refractivity contribution in [1.82, 2.24) is 16.0 Å². The molecule has 0 radical (unpaired) electrons. The minimum Gasteiger partial charge on any atom is -0.480 e. The Bertz CT molecular complexity index is 446. The van der Waals surface area contributed by atoms with Crippen molar-refractivity contribution in [3.63, 3.8) is 0 Å². The second-order valence-electron chi connectivity index (χ2n) is 5.73. The van der Waals surface area contributed by atoms with Crippen molar-refractivity contribution in [2.24, 2.45) is 0 Å². The van der Waals surface area contributed by atoms with Crippen molar-refractivity contribution in [3.8, 4) is 0 Å². The predicted molar refractivity (Wildman–Crippen MR) is 83.8 cm³/mol. The summed E-state index contributed by atoms with van der Waals surface area (Å²) in [4.78, 5) is 33.8. The van der Waals surface area contributed by atoms with Crippen LogP contribution in [0.4, 0.5) is 4.79 Å². The van der Waals surface area contributed by atoms with Gasteiger partial charge in [-0.25, -0.2) is 9.59 Å². The molecule has 124 valence electrons. The van der Waals surface area contributed by atoms with E-state index in [-0.39, 0.29) is 24.0 Å². The average molecular weight is 329 g/mol. The lowest BCUT2D eigenvalue weighted by Crippen LogP contribution is -2.40. The van der Waals surface area contributed by atoms with E-state index in [2.05, 4.69) is 16.0 Å². The van der Waals surface area contributed by atoms with E-state index in [1.54, 1.807) is 6.92 Å². The van der Waals surface area contributed by atoms with Crippen LogP contribution in [0.1, 0.15) is 39.0 Å². The van der Waals surface area contributed by atoms with Crippen molar-refractivity contribution in [2.75, 3.05) is 5.75 Å². The summed E-state index contributed by atoms with van der Waals surface area (Å²) in [7, 11) is 0. The van der Waals surface area contributed by atoms with Crippen molar-refractivity contribution >= 4 is 29.7 Å². The van der Waals surface area contributed by atoms with Gasteiger partial charge in [0.25, 0.3) is 0 Å². The van der Waals surface area contributed by atoms with Gasteiger partial charge in [0.05, 0.1) is 12.1 Å². The summed E-state index contributed by atoms with van der Waals surface area (Å²) >= 11 is 1.86.